The summed E-state index contributed by atoms with van der Waals surface area (Å²) in [7, 11) is 0. The lowest BCUT2D eigenvalue weighted by Gasteiger charge is -2.02. The molecule has 0 bridgehead atoms. The van der Waals surface area contributed by atoms with Crippen LogP contribution in [0.2, 0.25) is 5.28 Å². The third-order valence-corrected chi connectivity index (χ3v) is 1.52. The first-order valence-corrected chi connectivity index (χ1v) is 3.62. The largest absolute Gasteiger partial charge is 0.476 e. The smallest absolute Gasteiger partial charge is 0.355 e. The molecule has 13 heavy (non-hydrogen) atoms. The first-order chi connectivity index (χ1) is 6.06. The zero-order valence-electron chi connectivity index (χ0n) is 6.49. The molecule has 0 saturated heterocycles. The van der Waals surface area contributed by atoms with Crippen molar-refractivity contribution in [2.75, 3.05) is 5.73 Å². The fourth-order valence-corrected chi connectivity index (χ4v) is 0.998. The maximum absolute atomic E-state index is 10.6. The van der Waals surface area contributed by atoms with Crippen LogP contribution in [0.3, 0.4) is 0 Å². The number of halogens is 1. The lowest BCUT2D eigenvalue weighted by Crippen LogP contribution is -2.08. The summed E-state index contributed by atoms with van der Waals surface area (Å²) in [5.74, 6) is -1.21. The monoisotopic (exact) mass is 199 g/mol. The van der Waals surface area contributed by atoms with Gasteiger partial charge in [-0.25, -0.2) is 14.8 Å². The van der Waals surface area contributed by atoms with Gasteiger partial charge in [-0.3, -0.25) is 0 Å². The summed E-state index contributed by atoms with van der Waals surface area (Å²) in [6.07, 6.45) is 1.27. The maximum Gasteiger partial charge on any atom is 0.355 e. The SMILES string of the molecule is C=Cc1c(N)nc(Cl)nc1C(=O)O. The predicted molar refractivity (Wildman–Crippen MR) is 48.5 cm³/mol. The summed E-state index contributed by atoms with van der Waals surface area (Å²) in [4.78, 5) is 17.7. The van der Waals surface area contributed by atoms with Crippen molar-refractivity contribution in [3.05, 3.63) is 23.1 Å². The van der Waals surface area contributed by atoms with E-state index in [9.17, 15) is 4.79 Å². The van der Waals surface area contributed by atoms with E-state index in [0.717, 1.165) is 0 Å². The summed E-state index contributed by atoms with van der Waals surface area (Å²) in [6.45, 7) is 3.40. The van der Waals surface area contributed by atoms with E-state index >= 15 is 0 Å². The summed E-state index contributed by atoms with van der Waals surface area (Å²) in [5, 5.41) is 8.50. The minimum Gasteiger partial charge on any atom is -0.476 e. The fourth-order valence-electron chi connectivity index (χ4n) is 0.823. The van der Waals surface area contributed by atoms with E-state index in [-0.39, 0.29) is 22.4 Å². The Kier molecular flexibility index (Phi) is 2.48. The lowest BCUT2D eigenvalue weighted by atomic mass is 10.2. The summed E-state index contributed by atoms with van der Waals surface area (Å²) < 4.78 is 0. The van der Waals surface area contributed by atoms with Crippen molar-refractivity contribution < 1.29 is 9.90 Å². The highest BCUT2D eigenvalue weighted by molar-refractivity contribution is 6.28. The number of hydrogen-bond acceptors (Lipinski definition) is 4. The minimum absolute atomic E-state index is 0.00685. The third-order valence-electron chi connectivity index (χ3n) is 1.35. The molecule has 0 fully saturated rings. The average molecular weight is 200 g/mol. The molecule has 0 unspecified atom stereocenters. The molecule has 3 N–H and O–H groups in total. The quantitative estimate of drug-likeness (QED) is 0.695. The number of nitrogen functional groups attached to an aromatic ring is 1. The molecule has 0 aliphatic heterocycles. The van der Waals surface area contributed by atoms with Crippen LogP contribution in [0, 0.1) is 0 Å². The maximum atomic E-state index is 10.6. The van der Waals surface area contributed by atoms with E-state index in [2.05, 4.69) is 16.5 Å². The van der Waals surface area contributed by atoms with Gasteiger partial charge in [-0.1, -0.05) is 12.7 Å². The van der Waals surface area contributed by atoms with Crippen LogP contribution < -0.4 is 5.73 Å². The Bertz CT molecular complexity index is 378. The highest BCUT2D eigenvalue weighted by Crippen LogP contribution is 2.16. The molecule has 1 rings (SSSR count). The zero-order valence-corrected chi connectivity index (χ0v) is 7.25. The van der Waals surface area contributed by atoms with Gasteiger partial charge in [-0.2, -0.15) is 0 Å². The first-order valence-electron chi connectivity index (χ1n) is 3.25. The minimum atomic E-state index is -1.22. The van der Waals surface area contributed by atoms with Crippen LogP contribution in [0.1, 0.15) is 16.1 Å². The summed E-state index contributed by atoms with van der Waals surface area (Å²) in [5.41, 5.74) is 5.34. The van der Waals surface area contributed by atoms with Gasteiger partial charge in [0, 0.05) is 5.56 Å². The van der Waals surface area contributed by atoms with Crippen molar-refractivity contribution in [3.63, 3.8) is 0 Å². The van der Waals surface area contributed by atoms with Gasteiger partial charge in [0.05, 0.1) is 0 Å². The molecular formula is C7H6ClN3O2. The predicted octanol–water partition coefficient (Wildman–Crippen LogP) is 1.05. The van der Waals surface area contributed by atoms with Gasteiger partial charge in [0.1, 0.15) is 5.82 Å². The van der Waals surface area contributed by atoms with Crippen molar-refractivity contribution in [2.45, 2.75) is 0 Å². The van der Waals surface area contributed by atoms with Crippen molar-refractivity contribution in [3.8, 4) is 0 Å². The van der Waals surface area contributed by atoms with Crippen molar-refractivity contribution in [2.24, 2.45) is 0 Å². The molecule has 0 aliphatic rings. The second kappa shape index (κ2) is 3.40. The van der Waals surface area contributed by atoms with E-state index in [0.29, 0.717) is 0 Å². The van der Waals surface area contributed by atoms with Gasteiger partial charge in [0.2, 0.25) is 5.28 Å². The third kappa shape index (κ3) is 1.75. The van der Waals surface area contributed by atoms with Crippen molar-refractivity contribution in [1.29, 1.82) is 0 Å². The molecule has 0 saturated carbocycles. The molecule has 1 heterocycles. The van der Waals surface area contributed by atoms with Crippen LogP contribution in [-0.2, 0) is 0 Å². The normalized spacial score (nSPS) is 9.62. The van der Waals surface area contributed by atoms with Gasteiger partial charge >= 0.3 is 5.97 Å². The van der Waals surface area contributed by atoms with Crippen LogP contribution in [0.5, 0.6) is 0 Å². The van der Waals surface area contributed by atoms with Gasteiger partial charge in [-0.05, 0) is 11.6 Å². The number of carbonyl (C=O) groups is 1. The molecule has 1 aromatic rings. The average Bonchev–Trinajstić information content (AvgIpc) is 2.02. The van der Waals surface area contributed by atoms with Crippen LogP contribution in [0.4, 0.5) is 5.82 Å². The van der Waals surface area contributed by atoms with Gasteiger partial charge in [-0.15, -0.1) is 0 Å². The van der Waals surface area contributed by atoms with E-state index in [4.69, 9.17) is 22.4 Å². The summed E-state index contributed by atoms with van der Waals surface area (Å²) >= 11 is 5.42. The Morgan fingerprint density at radius 1 is 1.62 bits per heavy atom. The molecule has 0 atom stereocenters. The first kappa shape index (κ1) is 9.47. The van der Waals surface area contributed by atoms with E-state index in [1.165, 1.54) is 6.08 Å². The molecule has 0 amide bonds. The molecule has 5 nitrogen and oxygen atoms in total. The summed E-state index contributed by atoms with van der Waals surface area (Å²) in [6, 6.07) is 0. The Balaban J connectivity index is 3.46. The molecule has 0 spiro atoms. The Labute approximate surface area is 78.9 Å². The molecule has 0 aliphatic carbocycles. The molecule has 0 radical (unpaired) electrons. The number of carboxylic acid groups (broad SMARTS) is 1. The van der Waals surface area contributed by atoms with E-state index in [1.54, 1.807) is 0 Å². The van der Waals surface area contributed by atoms with Crippen molar-refractivity contribution >= 4 is 29.5 Å². The second-order valence-electron chi connectivity index (χ2n) is 2.15. The Hall–Kier alpha value is -1.62. The molecule has 6 heteroatoms. The highest BCUT2D eigenvalue weighted by Gasteiger charge is 2.14. The van der Waals surface area contributed by atoms with Crippen LogP contribution >= 0.6 is 11.6 Å². The molecule has 0 aromatic carbocycles. The van der Waals surface area contributed by atoms with Gasteiger partial charge in [0.15, 0.2) is 5.69 Å². The van der Waals surface area contributed by atoms with Crippen LogP contribution in [0.15, 0.2) is 6.58 Å². The standard InChI is InChI=1S/C7H6ClN3O2/c1-2-3-4(6(12)13)10-7(8)11-5(3)9/h2H,1H2,(H,12,13)(H2,9,10,11). The number of aromatic nitrogens is 2. The number of nitrogens with zero attached hydrogens (tertiary/aromatic N) is 2. The number of hydrogen-bond donors (Lipinski definition) is 2. The number of rotatable bonds is 2. The Morgan fingerprint density at radius 3 is 2.69 bits per heavy atom. The van der Waals surface area contributed by atoms with E-state index < -0.39 is 5.97 Å². The lowest BCUT2D eigenvalue weighted by molar-refractivity contribution is 0.0690. The second-order valence-corrected chi connectivity index (χ2v) is 2.49. The molecule has 1 aromatic heterocycles. The number of nitrogens with two attached hydrogens (primary N) is 1. The fraction of sp³-hybridized carbons (Fsp3) is 0. The van der Waals surface area contributed by atoms with Crippen LogP contribution in [0.25, 0.3) is 6.08 Å². The number of aromatic carboxylic acids is 1. The molecular weight excluding hydrogens is 194 g/mol. The Morgan fingerprint density at radius 2 is 2.23 bits per heavy atom. The molecule has 68 valence electrons. The van der Waals surface area contributed by atoms with Crippen LogP contribution in [-0.4, -0.2) is 21.0 Å². The van der Waals surface area contributed by atoms with Gasteiger partial charge in [0.25, 0.3) is 0 Å². The number of anilines is 1. The zero-order chi connectivity index (χ0) is 10.0. The van der Waals surface area contributed by atoms with E-state index in [1.807, 2.05) is 0 Å². The highest BCUT2D eigenvalue weighted by atomic mass is 35.5. The number of carboxylic acids is 1. The van der Waals surface area contributed by atoms with Gasteiger partial charge < -0.3 is 10.8 Å². The topological polar surface area (TPSA) is 89.1 Å². The van der Waals surface area contributed by atoms with Crippen molar-refractivity contribution in [1.82, 2.24) is 9.97 Å².